The van der Waals surface area contributed by atoms with Crippen LogP contribution in [0.4, 0.5) is 5.69 Å². The van der Waals surface area contributed by atoms with E-state index in [0.29, 0.717) is 0 Å². The molecule has 0 saturated carbocycles. The highest BCUT2D eigenvalue weighted by Gasteiger charge is 2.03. The summed E-state index contributed by atoms with van der Waals surface area (Å²) in [7, 11) is 0. The molecule has 0 unspecified atom stereocenters. The van der Waals surface area contributed by atoms with Gasteiger partial charge in [-0.25, -0.2) is 0 Å². The van der Waals surface area contributed by atoms with Crippen LogP contribution in [-0.4, -0.2) is 36.1 Å². The van der Waals surface area contributed by atoms with Gasteiger partial charge in [-0.1, -0.05) is 32.0 Å². The minimum atomic E-state index is 0. The van der Waals surface area contributed by atoms with E-state index in [9.17, 15) is 0 Å². The van der Waals surface area contributed by atoms with Crippen molar-refractivity contribution in [3.63, 3.8) is 0 Å². The van der Waals surface area contributed by atoms with Crippen molar-refractivity contribution in [2.24, 2.45) is 0 Å². The normalized spacial score (nSPS) is 10.7. The summed E-state index contributed by atoms with van der Waals surface area (Å²) in [5.41, 5.74) is 3.29. The Labute approximate surface area is 145 Å². The van der Waals surface area contributed by atoms with Gasteiger partial charge in [-0.05, 0) is 45.1 Å². The largest absolute Gasteiger partial charge is 0.383 e. The highest BCUT2D eigenvalue weighted by molar-refractivity contribution is 14.0. The van der Waals surface area contributed by atoms with E-state index in [1.807, 2.05) is 6.92 Å². The maximum absolute atomic E-state index is 4.65. The van der Waals surface area contributed by atoms with Crippen molar-refractivity contribution in [1.29, 1.82) is 0 Å². The number of aryl methyl sites for hydroxylation is 1. The molecule has 0 saturated heterocycles. The van der Waals surface area contributed by atoms with E-state index < -0.39 is 0 Å². The number of nitrogens with zero attached hydrogens (tertiary/aromatic N) is 2. The van der Waals surface area contributed by atoms with E-state index in [0.717, 1.165) is 49.5 Å². The minimum absolute atomic E-state index is 0. The number of halogens is 1. The summed E-state index contributed by atoms with van der Waals surface area (Å²) >= 11 is 0. The minimum Gasteiger partial charge on any atom is -0.383 e. The molecule has 1 aromatic carbocycles. The molecule has 116 valence electrons. The summed E-state index contributed by atoms with van der Waals surface area (Å²) in [6.45, 7) is 10.9. The molecule has 0 aliphatic carbocycles. The molecule has 0 amide bonds. The Bertz CT molecular complexity index is 553. The lowest BCUT2D eigenvalue weighted by Crippen LogP contribution is -2.25. The van der Waals surface area contributed by atoms with Crippen LogP contribution in [0.1, 0.15) is 26.0 Å². The fraction of sp³-hybridized carbons (Fsp3) is 0.471. The molecule has 0 aliphatic rings. The number of fused-ring (bicyclic) bond motifs is 1. The van der Waals surface area contributed by atoms with Gasteiger partial charge >= 0.3 is 0 Å². The van der Waals surface area contributed by atoms with Crippen LogP contribution in [0.2, 0.25) is 0 Å². The van der Waals surface area contributed by atoms with Crippen molar-refractivity contribution in [2.45, 2.75) is 27.2 Å². The summed E-state index contributed by atoms with van der Waals surface area (Å²) in [5.74, 6) is 0. The molecule has 0 spiro atoms. The monoisotopic (exact) mass is 399 g/mol. The Kier molecular flexibility index (Phi) is 7.96. The molecule has 2 aromatic rings. The van der Waals surface area contributed by atoms with Gasteiger partial charge in [0.1, 0.15) is 0 Å². The topological polar surface area (TPSA) is 28.2 Å². The van der Waals surface area contributed by atoms with E-state index in [1.54, 1.807) is 0 Å². The molecule has 3 nitrogen and oxygen atoms in total. The molecule has 1 aromatic heterocycles. The molecule has 1 heterocycles. The van der Waals surface area contributed by atoms with Crippen molar-refractivity contribution in [1.82, 2.24) is 9.88 Å². The number of benzene rings is 1. The first kappa shape index (κ1) is 18.2. The predicted octanol–water partition coefficient (Wildman–Crippen LogP) is 4.31. The lowest BCUT2D eigenvalue weighted by molar-refractivity contribution is 0.303. The second-order valence-electron chi connectivity index (χ2n) is 5.14. The van der Waals surface area contributed by atoms with Crippen LogP contribution in [0, 0.1) is 6.92 Å². The average Bonchev–Trinajstić information content (AvgIpc) is 2.47. The second-order valence-corrected chi connectivity index (χ2v) is 5.14. The first-order valence-corrected chi connectivity index (χ1v) is 7.57. The highest BCUT2D eigenvalue weighted by atomic mass is 127. The van der Waals surface area contributed by atoms with E-state index in [1.165, 1.54) is 5.39 Å². The first-order valence-electron chi connectivity index (χ1n) is 7.57. The summed E-state index contributed by atoms with van der Waals surface area (Å²) in [6, 6.07) is 10.5. The Balaban J connectivity index is 0.00000220. The number of para-hydroxylation sites is 1. The second kappa shape index (κ2) is 9.20. The predicted molar refractivity (Wildman–Crippen MR) is 103 cm³/mol. The van der Waals surface area contributed by atoms with Gasteiger partial charge in [0.15, 0.2) is 0 Å². The molecular weight excluding hydrogens is 373 g/mol. The molecular formula is C17H26IN3. The third-order valence-corrected chi connectivity index (χ3v) is 3.72. The van der Waals surface area contributed by atoms with Crippen LogP contribution in [0.15, 0.2) is 30.3 Å². The van der Waals surface area contributed by atoms with Crippen molar-refractivity contribution in [2.75, 3.05) is 31.5 Å². The maximum atomic E-state index is 4.65. The third-order valence-electron chi connectivity index (χ3n) is 3.72. The number of pyridine rings is 1. The fourth-order valence-corrected chi connectivity index (χ4v) is 2.45. The Morgan fingerprint density at radius 3 is 2.57 bits per heavy atom. The molecule has 2 rings (SSSR count). The number of anilines is 1. The molecule has 0 radical (unpaired) electrons. The van der Waals surface area contributed by atoms with Gasteiger partial charge in [0.25, 0.3) is 0 Å². The van der Waals surface area contributed by atoms with Crippen LogP contribution in [0.25, 0.3) is 10.9 Å². The fourth-order valence-electron chi connectivity index (χ4n) is 2.45. The van der Waals surface area contributed by atoms with E-state index in [4.69, 9.17) is 0 Å². The highest BCUT2D eigenvalue weighted by Crippen LogP contribution is 2.21. The van der Waals surface area contributed by atoms with Crippen molar-refractivity contribution >= 4 is 40.6 Å². The number of hydrogen-bond acceptors (Lipinski definition) is 3. The lowest BCUT2D eigenvalue weighted by Gasteiger charge is -2.18. The molecule has 21 heavy (non-hydrogen) atoms. The van der Waals surface area contributed by atoms with Crippen LogP contribution >= 0.6 is 24.0 Å². The van der Waals surface area contributed by atoms with Gasteiger partial charge < -0.3 is 10.2 Å². The van der Waals surface area contributed by atoms with Gasteiger partial charge in [-0.15, -0.1) is 24.0 Å². The van der Waals surface area contributed by atoms with Gasteiger partial charge in [-0.3, -0.25) is 4.98 Å². The molecule has 0 aliphatic heterocycles. The van der Waals surface area contributed by atoms with Gasteiger partial charge in [-0.2, -0.15) is 0 Å². The van der Waals surface area contributed by atoms with Gasteiger partial charge in [0.05, 0.1) is 11.2 Å². The number of hydrogen-bond donors (Lipinski definition) is 1. The van der Waals surface area contributed by atoms with E-state index in [-0.39, 0.29) is 24.0 Å². The molecule has 0 bridgehead atoms. The third kappa shape index (κ3) is 5.11. The Morgan fingerprint density at radius 2 is 1.86 bits per heavy atom. The Morgan fingerprint density at radius 1 is 1.10 bits per heavy atom. The van der Waals surface area contributed by atoms with Crippen LogP contribution in [-0.2, 0) is 0 Å². The van der Waals surface area contributed by atoms with Gasteiger partial charge in [0.2, 0.25) is 0 Å². The summed E-state index contributed by atoms with van der Waals surface area (Å²) in [6.07, 6.45) is 1.16. The standard InChI is InChI=1S/C17H25N3.HI/c1-4-20(5-2)13-7-12-18-16-9-6-8-15-11-10-14(3)19-17(15)16;/h6,8-11,18H,4-5,7,12-13H2,1-3H3;1H. The molecule has 0 fully saturated rings. The smallest absolute Gasteiger partial charge is 0.0936 e. The Hall–Kier alpha value is -0.880. The number of rotatable bonds is 7. The average molecular weight is 399 g/mol. The zero-order valence-electron chi connectivity index (χ0n) is 13.2. The quantitative estimate of drug-likeness (QED) is 0.556. The van der Waals surface area contributed by atoms with Gasteiger partial charge in [0, 0.05) is 17.6 Å². The molecule has 0 atom stereocenters. The summed E-state index contributed by atoms with van der Waals surface area (Å²) in [4.78, 5) is 7.10. The van der Waals surface area contributed by atoms with E-state index >= 15 is 0 Å². The zero-order valence-corrected chi connectivity index (χ0v) is 15.6. The SMILES string of the molecule is CCN(CC)CCCNc1cccc2ccc(C)nc12.I. The zero-order chi connectivity index (χ0) is 14.4. The first-order chi connectivity index (χ1) is 9.74. The number of nitrogens with one attached hydrogen (secondary N) is 1. The van der Waals surface area contributed by atoms with Crippen molar-refractivity contribution in [3.8, 4) is 0 Å². The van der Waals surface area contributed by atoms with Crippen LogP contribution < -0.4 is 5.32 Å². The van der Waals surface area contributed by atoms with Crippen LogP contribution in [0.5, 0.6) is 0 Å². The number of aromatic nitrogens is 1. The molecule has 4 heteroatoms. The van der Waals surface area contributed by atoms with Crippen molar-refractivity contribution < 1.29 is 0 Å². The summed E-state index contributed by atoms with van der Waals surface area (Å²) < 4.78 is 0. The van der Waals surface area contributed by atoms with Crippen molar-refractivity contribution in [3.05, 3.63) is 36.0 Å². The lowest BCUT2D eigenvalue weighted by atomic mass is 10.1. The molecule has 1 N–H and O–H groups in total. The summed E-state index contributed by atoms with van der Waals surface area (Å²) in [5, 5.41) is 4.73. The van der Waals surface area contributed by atoms with Crippen LogP contribution in [0.3, 0.4) is 0 Å². The van der Waals surface area contributed by atoms with E-state index in [2.05, 4.69) is 59.4 Å². The maximum Gasteiger partial charge on any atom is 0.0936 e.